The molecule has 0 amide bonds. The first-order chi connectivity index (χ1) is 8.75. The van der Waals surface area contributed by atoms with Crippen LogP contribution in [-0.4, -0.2) is 25.5 Å². The van der Waals surface area contributed by atoms with Gasteiger partial charge in [0.15, 0.2) is 0 Å². The summed E-state index contributed by atoms with van der Waals surface area (Å²) in [5.74, 6) is 2.70. The van der Waals surface area contributed by atoms with Crippen molar-refractivity contribution in [1.29, 1.82) is 0 Å². The van der Waals surface area contributed by atoms with Crippen LogP contribution in [0.3, 0.4) is 0 Å². The normalized spacial score (nSPS) is 20.4. The van der Waals surface area contributed by atoms with Crippen LogP contribution < -0.4 is 0 Å². The van der Waals surface area contributed by atoms with Crippen LogP contribution in [0.5, 0.6) is 0 Å². The van der Waals surface area contributed by atoms with Gasteiger partial charge in [-0.15, -0.1) is 0 Å². The molecule has 0 saturated carbocycles. The predicted octanol–water partition coefficient (Wildman–Crippen LogP) is 4.76. The number of nitrogens with zero attached hydrogens (tertiary/aromatic N) is 1. The summed E-state index contributed by atoms with van der Waals surface area (Å²) < 4.78 is 0. The van der Waals surface area contributed by atoms with Crippen molar-refractivity contribution in [2.24, 2.45) is 23.7 Å². The molecule has 1 nitrogen and oxygen atoms in total. The van der Waals surface area contributed by atoms with Gasteiger partial charge in [0.2, 0.25) is 0 Å². The van der Waals surface area contributed by atoms with E-state index in [9.17, 15) is 0 Å². The molecule has 0 aromatic heterocycles. The minimum atomic E-state index is 0.648. The van der Waals surface area contributed by atoms with Gasteiger partial charge in [-0.3, -0.25) is 0 Å². The summed E-state index contributed by atoms with van der Waals surface area (Å²) in [4.78, 5) is 2.30. The molecule has 0 bridgehead atoms. The average molecular weight is 263 g/mol. The molecule has 110 valence electrons. The van der Waals surface area contributed by atoms with Crippen molar-refractivity contribution in [2.45, 2.75) is 48.0 Å². The van der Waals surface area contributed by atoms with E-state index in [1.807, 2.05) is 0 Å². The minimum absolute atomic E-state index is 0.648. The molecule has 0 radical (unpaired) electrons. The van der Waals surface area contributed by atoms with Crippen molar-refractivity contribution < 1.29 is 0 Å². The molecule has 0 fully saturated rings. The lowest BCUT2D eigenvalue weighted by atomic mass is 9.79. The first-order valence-electron chi connectivity index (χ1n) is 7.84. The summed E-state index contributed by atoms with van der Waals surface area (Å²) in [5, 5.41) is 0. The molecule has 19 heavy (non-hydrogen) atoms. The van der Waals surface area contributed by atoms with Gasteiger partial charge in [-0.1, -0.05) is 58.8 Å². The van der Waals surface area contributed by atoms with Gasteiger partial charge in [-0.05, 0) is 43.8 Å². The largest absolute Gasteiger partial charge is 0.309 e. The van der Waals surface area contributed by atoms with Crippen LogP contribution in [0, 0.1) is 23.7 Å². The zero-order valence-electron chi connectivity index (χ0n) is 14.2. The molecule has 0 aromatic carbocycles. The van der Waals surface area contributed by atoms with E-state index in [0.717, 1.165) is 6.54 Å². The Morgan fingerprint density at radius 1 is 1.00 bits per heavy atom. The first-order valence-corrected chi connectivity index (χ1v) is 7.84. The number of hydrogen-bond donors (Lipinski definition) is 0. The highest BCUT2D eigenvalue weighted by Crippen LogP contribution is 2.44. The molecule has 0 aliphatic heterocycles. The minimum Gasteiger partial charge on any atom is -0.309 e. The quantitative estimate of drug-likeness (QED) is 0.668. The van der Waals surface area contributed by atoms with E-state index in [-0.39, 0.29) is 0 Å². The van der Waals surface area contributed by atoms with E-state index in [1.54, 1.807) is 16.7 Å². The third-order valence-electron chi connectivity index (χ3n) is 4.21. The zero-order chi connectivity index (χ0) is 14.7. The van der Waals surface area contributed by atoms with Crippen LogP contribution in [0.15, 0.2) is 22.8 Å². The van der Waals surface area contributed by atoms with E-state index in [4.69, 9.17) is 0 Å². The highest BCUT2D eigenvalue weighted by molar-refractivity contribution is 5.44. The number of rotatable bonds is 6. The molecular formula is C18H33N. The van der Waals surface area contributed by atoms with E-state index in [0.29, 0.717) is 23.7 Å². The fourth-order valence-corrected chi connectivity index (χ4v) is 3.24. The summed E-state index contributed by atoms with van der Waals surface area (Å²) in [6, 6.07) is 0. The molecule has 1 rings (SSSR count). The third kappa shape index (κ3) is 3.95. The van der Waals surface area contributed by atoms with Crippen molar-refractivity contribution >= 4 is 0 Å². The standard InChI is InChI=1S/C18H33N/c1-12(2)16-11-17(13(3)4)18(14(5)6)15(16)9-10-19(7)8/h11-14,18H,9-10H2,1-8H3. The van der Waals surface area contributed by atoms with Crippen molar-refractivity contribution in [3.8, 4) is 0 Å². The van der Waals surface area contributed by atoms with Crippen LogP contribution in [0.2, 0.25) is 0 Å². The smallest absolute Gasteiger partial charge is 0.00422 e. The first kappa shape index (κ1) is 16.5. The van der Waals surface area contributed by atoms with Crippen LogP contribution in [-0.2, 0) is 0 Å². The second-order valence-corrected chi connectivity index (χ2v) is 7.21. The molecule has 0 heterocycles. The molecule has 0 aromatic rings. The van der Waals surface area contributed by atoms with Gasteiger partial charge in [0.05, 0.1) is 0 Å². The maximum atomic E-state index is 2.52. The summed E-state index contributed by atoms with van der Waals surface area (Å²) >= 11 is 0. The molecule has 1 aliphatic carbocycles. The number of allylic oxidation sites excluding steroid dienone is 3. The van der Waals surface area contributed by atoms with Crippen molar-refractivity contribution in [2.75, 3.05) is 20.6 Å². The Morgan fingerprint density at radius 2 is 1.58 bits per heavy atom. The van der Waals surface area contributed by atoms with Gasteiger partial charge >= 0.3 is 0 Å². The lowest BCUT2D eigenvalue weighted by molar-refractivity contribution is 0.390. The van der Waals surface area contributed by atoms with Gasteiger partial charge in [0.25, 0.3) is 0 Å². The molecule has 1 heteroatoms. The lowest BCUT2D eigenvalue weighted by Crippen LogP contribution is -2.20. The second kappa shape index (κ2) is 6.74. The monoisotopic (exact) mass is 263 g/mol. The van der Waals surface area contributed by atoms with Crippen molar-refractivity contribution in [3.63, 3.8) is 0 Å². The van der Waals surface area contributed by atoms with Gasteiger partial charge in [0, 0.05) is 12.5 Å². The fourth-order valence-electron chi connectivity index (χ4n) is 3.24. The van der Waals surface area contributed by atoms with Gasteiger partial charge < -0.3 is 4.90 Å². The van der Waals surface area contributed by atoms with Gasteiger partial charge in [0.1, 0.15) is 0 Å². The molecule has 1 aliphatic rings. The lowest BCUT2D eigenvalue weighted by Gasteiger charge is -2.27. The van der Waals surface area contributed by atoms with Crippen LogP contribution >= 0.6 is 0 Å². The molecule has 1 unspecified atom stereocenters. The third-order valence-corrected chi connectivity index (χ3v) is 4.21. The topological polar surface area (TPSA) is 3.24 Å². The fraction of sp³-hybridized carbons (Fsp3) is 0.778. The summed E-state index contributed by atoms with van der Waals surface area (Å²) in [6.07, 6.45) is 3.74. The SMILES string of the molecule is CC(C)C1=CC(C(C)C)=C(CCN(C)C)C1C(C)C. The predicted molar refractivity (Wildman–Crippen MR) is 86.3 cm³/mol. The highest BCUT2D eigenvalue weighted by atomic mass is 15.0. The Morgan fingerprint density at radius 3 is 1.95 bits per heavy atom. The van der Waals surface area contributed by atoms with Gasteiger partial charge in [-0.2, -0.15) is 0 Å². The zero-order valence-corrected chi connectivity index (χ0v) is 14.2. The molecule has 0 N–H and O–H groups in total. The Hall–Kier alpha value is -0.560. The summed E-state index contributed by atoms with van der Waals surface area (Å²) in [5.41, 5.74) is 4.99. The van der Waals surface area contributed by atoms with Crippen LogP contribution in [0.1, 0.15) is 48.0 Å². The second-order valence-electron chi connectivity index (χ2n) is 7.21. The summed E-state index contributed by atoms with van der Waals surface area (Å²) in [6.45, 7) is 15.3. The summed E-state index contributed by atoms with van der Waals surface area (Å²) in [7, 11) is 4.34. The van der Waals surface area contributed by atoms with Crippen LogP contribution in [0.25, 0.3) is 0 Å². The molecule has 0 spiro atoms. The van der Waals surface area contributed by atoms with Crippen molar-refractivity contribution in [3.05, 3.63) is 22.8 Å². The molecule has 1 atom stereocenters. The highest BCUT2D eigenvalue weighted by Gasteiger charge is 2.31. The number of hydrogen-bond acceptors (Lipinski definition) is 1. The van der Waals surface area contributed by atoms with E-state index in [2.05, 4.69) is 66.6 Å². The molecular weight excluding hydrogens is 230 g/mol. The van der Waals surface area contributed by atoms with E-state index < -0.39 is 0 Å². The van der Waals surface area contributed by atoms with Gasteiger partial charge in [-0.25, -0.2) is 0 Å². The Labute approximate surface area is 120 Å². The maximum Gasteiger partial charge on any atom is 0.00422 e. The molecule has 0 saturated heterocycles. The van der Waals surface area contributed by atoms with Crippen molar-refractivity contribution in [1.82, 2.24) is 4.90 Å². The van der Waals surface area contributed by atoms with E-state index in [1.165, 1.54) is 6.42 Å². The van der Waals surface area contributed by atoms with Crippen LogP contribution in [0.4, 0.5) is 0 Å². The maximum absolute atomic E-state index is 2.52. The Kier molecular flexibility index (Phi) is 5.85. The van der Waals surface area contributed by atoms with E-state index >= 15 is 0 Å². The Balaban J connectivity index is 3.08. The Bertz CT molecular complexity index is 356. The average Bonchev–Trinajstić information content (AvgIpc) is 2.65.